The van der Waals surface area contributed by atoms with Gasteiger partial charge in [0.2, 0.25) is 0 Å². The first-order valence-electron chi connectivity index (χ1n) is 10.7. The molecule has 3 aromatic rings. The third-order valence-electron chi connectivity index (χ3n) is 5.36. The number of nitrogens with zero attached hydrogens (tertiary/aromatic N) is 3. The van der Waals surface area contributed by atoms with Gasteiger partial charge >= 0.3 is 6.03 Å². The van der Waals surface area contributed by atoms with Crippen molar-refractivity contribution >= 4 is 40.7 Å². The quantitative estimate of drug-likeness (QED) is 0.544. The van der Waals surface area contributed by atoms with Crippen LogP contribution in [0.25, 0.3) is 0 Å². The minimum atomic E-state index is -1.05. The predicted molar refractivity (Wildman–Crippen MR) is 127 cm³/mol. The summed E-state index contributed by atoms with van der Waals surface area (Å²) in [6.07, 6.45) is 2.30. The summed E-state index contributed by atoms with van der Waals surface area (Å²) in [5.74, 6) is -1.36. The van der Waals surface area contributed by atoms with E-state index < -0.39 is 17.7 Å². The molecule has 0 spiro atoms. The number of rotatable bonds is 4. The van der Waals surface area contributed by atoms with E-state index in [1.165, 1.54) is 12.3 Å². The van der Waals surface area contributed by atoms with Crippen LogP contribution >= 0.6 is 11.6 Å². The first kappa shape index (κ1) is 23.4. The van der Waals surface area contributed by atoms with Gasteiger partial charge in [-0.1, -0.05) is 17.7 Å². The lowest BCUT2D eigenvalue weighted by molar-refractivity contribution is 0.0767. The number of aromatic nitrogens is 1. The fourth-order valence-corrected chi connectivity index (χ4v) is 3.86. The van der Waals surface area contributed by atoms with E-state index in [9.17, 15) is 18.4 Å². The van der Waals surface area contributed by atoms with Crippen molar-refractivity contribution in [2.24, 2.45) is 0 Å². The highest BCUT2D eigenvalue weighted by Crippen LogP contribution is 2.19. The lowest BCUT2D eigenvalue weighted by Gasteiger charge is -2.23. The average molecular weight is 486 g/mol. The Morgan fingerprint density at radius 3 is 2.41 bits per heavy atom. The minimum Gasteiger partial charge on any atom is -0.355 e. The summed E-state index contributed by atoms with van der Waals surface area (Å²) in [6.45, 7) is 2.52. The molecule has 34 heavy (non-hydrogen) atoms. The second-order valence-electron chi connectivity index (χ2n) is 7.76. The van der Waals surface area contributed by atoms with Crippen LogP contribution in [0, 0.1) is 11.6 Å². The average Bonchev–Trinajstić information content (AvgIpc) is 3.08. The van der Waals surface area contributed by atoms with Crippen molar-refractivity contribution in [2.45, 2.75) is 6.42 Å². The number of amides is 3. The number of pyridine rings is 1. The molecule has 0 saturated carbocycles. The van der Waals surface area contributed by atoms with Gasteiger partial charge in [-0.2, -0.15) is 0 Å². The molecule has 10 heteroatoms. The molecule has 1 fully saturated rings. The van der Waals surface area contributed by atoms with Crippen LogP contribution in [-0.4, -0.2) is 48.0 Å². The van der Waals surface area contributed by atoms with Crippen molar-refractivity contribution in [1.29, 1.82) is 0 Å². The standard InChI is InChI=1S/C24H22ClF2N5O2/c25-17-4-1-3-16(13-17)23(33)32-10-2-9-31(11-12-32)22-8-6-19(15-28-22)30-24(34)29-18-5-7-20(26)21(27)14-18/h1,3-8,13-15H,2,9-12H2,(H2,29,30,34). The number of halogens is 3. The number of carbonyl (C=O) groups excluding carboxylic acids is 2. The molecule has 3 amide bonds. The first-order valence-corrected chi connectivity index (χ1v) is 11.1. The predicted octanol–water partition coefficient (Wildman–Crippen LogP) is 5.01. The van der Waals surface area contributed by atoms with E-state index in [2.05, 4.69) is 20.5 Å². The zero-order chi connectivity index (χ0) is 24.1. The number of carbonyl (C=O) groups is 2. The summed E-state index contributed by atoms with van der Waals surface area (Å²) in [4.78, 5) is 33.2. The number of urea groups is 1. The van der Waals surface area contributed by atoms with Gasteiger partial charge in [-0.3, -0.25) is 4.79 Å². The van der Waals surface area contributed by atoms with Crippen LogP contribution in [-0.2, 0) is 0 Å². The van der Waals surface area contributed by atoms with Gasteiger partial charge < -0.3 is 20.4 Å². The van der Waals surface area contributed by atoms with Crippen molar-refractivity contribution < 1.29 is 18.4 Å². The first-order chi connectivity index (χ1) is 16.4. The van der Waals surface area contributed by atoms with Crippen LogP contribution in [0.3, 0.4) is 0 Å². The number of hydrogen-bond acceptors (Lipinski definition) is 4. The number of nitrogens with one attached hydrogen (secondary N) is 2. The molecule has 1 aliphatic rings. The van der Waals surface area contributed by atoms with E-state index in [0.29, 0.717) is 35.9 Å². The highest BCUT2D eigenvalue weighted by Gasteiger charge is 2.21. The van der Waals surface area contributed by atoms with E-state index in [1.54, 1.807) is 36.4 Å². The molecule has 2 heterocycles. The van der Waals surface area contributed by atoms with Crippen molar-refractivity contribution in [3.8, 4) is 0 Å². The van der Waals surface area contributed by atoms with E-state index in [1.807, 2.05) is 4.90 Å². The maximum absolute atomic E-state index is 13.3. The molecule has 4 rings (SSSR count). The van der Waals surface area contributed by atoms with E-state index >= 15 is 0 Å². The Hall–Kier alpha value is -3.72. The van der Waals surface area contributed by atoms with Gasteiger partial charge in [-0.25, -0.2) is 18.6 Å². The van der Waals surface area contributed by atoms with Gasteiger partial charge in [-0.05, 0) is 48.9 Å². The summed E-state index contributed by atoms with van der Waals surface area (Å²) >= 11 is 6.01. The molecule has 0 unspecified atom stereocenters. The third-order valence-corrected chi connectivity index (χ3v) is 5.60. The van der Waals surface area contributed by atoms with Crippen molar-refractivity contribution in [2.75, 3.05) is 41.7 Å². The Balaban J connectivity index is 1.33. The Kier molecular flexibility index (Phi) is 7.22. The Labute approximate surface area is 200 Å². The molecule has 1 saturated heterocycles. The molecule has 2 aromatic carbocycles. The highest BCUT2D eigenvalue weighted by molar-refractivity contribution is 6.30. The van der Waals surface area contributed by atoms with Crippen LogP contribution in [0.5, 0.6) is 0 Å². The second-order valence-corrected chi connectivity index (χ2v) is 8.19. The van der Waals surface area contributed by atoms with Gasteiger partial charge in [0.1, 0.15) is 5.82 Å². The zero-order valence-electron chi connectivity index (χ0n) is 18.1. The summed E-state index contributed by atoms with van der Waals surface area (Å²) in [7, 11) is 0. The number of anilines is 3. The molecule has 1 aliphatic heterocycles. The SMILES string of the molecule is O=C(Nc1ccc(N2CCCN(C(=O)c3cccc(Cl)c3)CC2)nc1)Nc1ccc(F)c(F)c1. The Bertz CT molecular complexity index is 1190. The van der Waals surface area contributed by atoms with Gasteiger partial charge in [-0.15, -0.1) is 0 Å². The monoisotopic (exact) mass is 485 g/mol. The lowest BCUT2D eigenvalue weighted by Crippen LogP contribution is -2.35. The topological polar surface area (TPSA) is 77.6 Å². The second kappa shape index (κ2) is 10.5. The number of benzene rings is 2. The van der Waals surface area contributed by atoms with Crippen molar-refractivity contribution in [3.63, 3.8) is 0 Å². The Morgan fingerprint density at radius 2 is 1.68 bits per heavy atom. The molecule has 7 nitrogen and oxygen atoms in total. The largest absolute Gasteiger partial charge is 0.355 e. The summed E-state index contributed by atoms with van der Waals surface area (Å²) in [5, 5.41) is 5.56. The van der Waals surface area contributed by atoms with Crippen molar-refractivity contribution in [1.82, 2.24) is 9.88 Å². The molecule has 2 N–H and O–H groups in total. The smallest absolute Gasteiger partial charge is 0.323 e. The molecule has 176 valence electrons. The van der Waals surface area contributed by atoms with Gasteiger partial charge in [0.05, 0.1) is 11.9 Å². The Morgan fingerprint density at radius 1 is 0.882 bits per heavy atom. The molecule has 0 radical (unpaired) electrons. The molecule has 0 aliphatic carbocycles. The fraction of sp³-hybridized carbons (Fsp3) is 0.208. The zero-order valence-corrected chi connectivity index (χ0v) is 18.9. The van der Waals surface area contributed by atoms with E-state index in [0.717, 1.165) is 30.9 Å². The van der Waals surface area contributed by atoms with Crippen LogP contribution < -0.4 is 15.5 Å². The minimum absolute atomic E-state index is 0.0519. The molecule has 0 atom stereocenters. The van der Waals surface area contributed by atoms with Gasteiger partial charge in [0, 0.05) is 48.5 Å². The normalized spacial score (nSPS) is 13.9. The van der Waals surface area contributed by atoms with Crippen LogP contribution in [0.4, 0.5) is 30.8 Å². The van der Waals surface area contributed by atoms with Gasteiger partial charge in [0.25, 0.3) is 5.91 Å². The molecular weight excluding hydrogens is 464 g/mol. The molecular formula is C24H22ClF2N5O2. The lowest BCUT2D eigenvalue weighted by atomic mass is 10.2. The highest BCUT2D eigenvalue weighted by atomic mass is 35.5. The maximum atomic E-state index is 13.3. The van der Waals surface area contributed by atoms with Gasteiger partial charge in [0.15, 0.2) is 11.6 Å². The molecule has 1 aromatic heterocycles. The number of hydrogen-bond donors (Lipinski definition) is 2. The van der Waals surface area contributed by atoms with E-state index in [-0.39, 0.29) is 11.6 Å². The van der Waals surface area contributed by atoms with Crippen molar-refractivity contribution in [3.05, 3.63) is 83.0 Å². The summed E-state index contributed by atoms with van der Waals surface area (Å²) < 4.78 is 26.3. The van der Waals surface area contributed by atoms with Crippen LogP contribution in [0.15, 0.2) is 60.8 Å². The van der Waals surface area contributed by atoms with E-state index in [4.69, 9.17) is 11.6 Å². The fourth-order valence-electron chi connectivity index (χ4n) is 3.67. The third kappa shape index (κ3) is 5.79. The van der Waals surface area contributed by atoms with Crippen LogP contribution in [0.1, 0.15) is 16.8 Å². The van der Waals surface area contributed by atoms with Crippen LogP contribution in [0.2, 0.25) is 5.02 Å². The summed E-state index contributed by atoms with van der Waals surface area (Å²) in [6, 6.07) is 12.9. The molecule has 0 bridgehead atoms. The summed E-state index contributed by atoms with van der Waals surface area (Å²) in [5.41, 5.74) is 1.13. The maximum Gasteiger partial charge on any atom is 0.323 e.